The Labute approximate surface area is 275 Å². The van der Waals surface area contributed by atoms with Crippen LogP contribution in [0.5, 0.6) is 5.75 Å². The number of nitrogen functional groups attached to an aromatic ring is 1. The van der Waals surface area contributed by atoms with Crippen molar-refractivity contribution in [3.05, 3.63) is 83.0 Å². The molecule has 1 aliphatic rings. The quantitative estimate of drug-likeness (QED) is 0.176. The minimum absolute atomic E-state index is 0.167. The first-order chi connectivity index (χ1) is 22.1. The third kappa shape index (κ3) is 5.46. The van der Waals surface area contributed by atoms with Crippen LogP contribution in [0.4, 0.5) is 27.4 Å². The Kier molecular flexibility index (Phi) is 8.47. The van der Waals surface area contributed by atoms with Crippen molar-refractivity contribution < 1.29 is 9.13 Å². The van der Waals surface area contributed by atoms with E-state index < -0.39 is 11.9 Å². The molecule has 2 N–H and O–H groups in total. The van der Waals surface area contributed by atoms with Gasteiger partial charge in [-0.15, -0.1) is 0 Å². The summed E-state index contributed by atoms with van der Waals surface area (Å²) < 4.78 is 23.5. The molecule has 12 heteroatoms. The number of pyridine rings is 1. The molecule has 2 aromatic carbocycles. The van der Waals surface area contributed by atoms with Gasteiger partial charge in [0.25, 0.3) is 0 Å². The van der Waals surface area contributed by atoms with Crippen molar-refractivity contribution >= 4 is 61.5 Å². The summed E-state index contributed by atoms with van der Waals surface area (Å²) in [6, 6.07) is 14.4. The number of amidine groups is 1. The molecule has 0 radical (unpaired) electrons. The molecule has 0 amide bonds. The smallest absolute Gasteiger partial charge is 0.165 e. The molecular formula is C34H35BrFN9O. The molecule has 0 fully saturated rings. The number of ether oxygens (including phenoxy) is 1. The van der Waals surface area contributed by atoms with Gasteiger partial charge in [0.2, 0.25) is 0 Å². The van der Waals surface area contributed by atoms with Crippen molar-refractivity contribution in [2.24, 2.45) is 4.99 Å². The van der Waals surface area contributed by atoms with Crippen molar-refractivity contribution in [2.45, 2.75) is 46.3 Å². The van der Waals surface area contributed by atoms with E-state index in [9.17, 15) is 0 Å². The van der Waals surface area contributed by atoms with Crippen molar-refractivity contribution in [3.8, 4) is 17.0 Å². The third-order valence-electron chi connectivity index (χ3n) is 7.62. The Balaban J connectivity index is 1.58. The van der Waals surface area contributed by atoms with Crippen LogP contribution in [-0.4, -0.2) is 50.8 Å². The van der Waals surface area contributed by atoms with Crippen LogP contribution >= 0.6 is 15.9 Å². The van der Waals surface area contributed by atoms with Crippen molar-refractivity contribution in [2.75, 3.05) is 29.6 Å². The molecule has 236 valence electrons. The van der Waals surface area contributed by atoms with Crippen LogP contribution in [0.1, 0.15) is 45.7 Å². The first kappa shape index (κ1) is 31.2. The van der Waals surface area contributed by atoms with Gasteiger partial charge in [0.1, 0.15) is 29.7 Å². The predicted molar refractivity (Wildman–Crippen MR) is 186 cm³/mol. The number of hydrogen-bond acceptors (Lipinski definition) is 9. The number of allylic oxidation sites excluding steroid dienone is 1. The number of hydrogen-bond donors (Lipinski definition) is 1. The van der Waals surface area contributed by atoms with Gasteiger partial charge < -0.3 is 15.4 Å². The summed E-state index contributed by atoms with van der Waals surface area (Å²) in [6.45, 7) is 7.81. The molecule has 3 aromatic heterocycles. The van der Waals surface area contributed by atoms with Gasteiger partial charge in [0, 0.05) is 31.5 Å². The first-order valence-corrected chi connectivity index (χ1v) is 15.8. The highest BCUT2D eigenvalue weighted by molar-refractivity contribution is 9.10. The van der Waals surface area contributed by atoms with Gasteiger partial charge in [-0.3, -0.25) is 4.90 Å². The number of fused-ring (bicyclic) bond motifs is 2. The highest BCUT2D eigenvalue weighted by Gasteiger charge is 2.35. The van der Waals surface area contributed by atoms with Gasteiger partial charge in [-0.05, 0) is 73.5 Å². The van der Waals surface area contributed by atoms with E-state index in [0.717, 1.165) is 33.5 Å². The van der Waals surface area contributed by atoms with E-state index >= 15 is 4.39 Å². The van der Waals surface area contributed by atoms with E-state index in [2.05, 4.69) is 48.7 Å². The van der Waals surface area contributed by atoms with E-state index in [0.29, 0.717) is 33.9 Å². The molecule has 4 heterocycles. The largest absolute Gasteiger partial charge is 0.488 e. The third-order valence-corrected chi connectivity index (χ3v) is 8.20. The van der Waals surface area contributed by atoms with Crippen molar-refractivity contribution in [3.63, 3.8) is 0 Å². The number of benzene rings is 2. The van der Waals surface area contributed by atoms with E-state index in [4.69, 9.17) is 25.5 Å². The highest BCUT2D eigenvalue weighted by atomic mass is 79.9. The average molecular weight is 685 g/mol. The van der Waals surface area contributed by atoms with Gasteiger partial charge >= 0.3 is 0 Å². The number of aromatic nitrogens is 5. The van der Waals surface area contributed by atoms with E-state index in [-0.39, 0.29) is 17.7 Å². The number of rotatable bonds is 8. The molecule has 1 unspecified atom stereocenters. The normalized spacial score (nSPS) is 14.5. The summed E-state index contributed by atoms with van der Waals surface area (Å²) in [4.78, 5) is 23.0. The summed E-state index contributed by atoms with van der Waals surface area (Å²) in [5.74, 6) is 1.18. The molecule has 0 aliphatic carbocycles. The fraction of sp³-hybridized carbons (Fsp3) is 0.265. The molecular weight excluding hydrogens is 649 g/mol. The number of para-hydroxylation sites is 1. The van der Waals surface area contributed by atoms with Crippen LogP contribution in [0.2, 0.25) is 0 Å². The minimum Gasteiger partial charge on any atom is -0.488 e. The van der Waals surface area contributed by atoms with Crippen molar-refractivity contribution in [1.82, 2.24) is 24.7 Å². The van der Waals surface area contributed by atoms with E-state index in [1.807, 2.05) is 65.2 Å². The number of aliphatic imine (C=N–C) groups is 1. The number of nitrogens with two attached hydrogens (primary N) is 1. The Morgan fingerprint density at radius 2 is 1.83 bits per heavy atom. The summed E-state index contributed by atoms with van der Waals surface area (Å²) in [6.07, 6.45) is 5.97. The fourth-order valence-corrected chi connectivity index (χ4v) is 6.37. The van der Waals surface area contributed by atoms with Crippen LogP contribution in [0.25, 0.3) is 28.0 Å². The monoisotopic (exact) mass is 683 g/mol. The molecule has 0 bridgehead atoms. The SMILES string of the molecule is CC/C=C1\c2c(ncc(Br)c2N(C)C)N=C(C(C)n2nc(-c3ccc(OC(C)C)c(F)c3)c3c(N)ncnc32)N1c1ccccc1. The number of halogens is 2. The lowest BCUT2D eigenvalue weighted by atomic mass is 10.0. The Morgan fingerprint density at radius 3 is 2.50 bits per heavy atom. The predicted octanol–water partition coefficient (Wildman–Crippen LogP) is 7.79. The van der Waals surface area contributed by atoms with Crippen LogP contribution < -0.4 is 20.3 Å². The van der Waals surface area contributed by atoms with E-state index in [1.165, 1.54) is 12.4 Å². The average Bonchev–Trinajstić information content (AvgIpc) is 3.43. The molecule has 0 saturated carbocycles. The Hall–Kier alpha value is -4.84. The maximum Gasteiger partial charge on any atom is 0.165 e. The first-order valence-electron chi connectivity index (χ1n) is 15.1. The van der Waals surface area contributed by atoms with Crippen LogP contribution in [-0.2, 0) is 0 Å². The molecule has 6 rings (SSSR count). The summed E-state index contributed by atoms with van der Waals surface area (Å²) in [5, 5.41) is 5.53. The lowest BCUT2D eigenvalue weighted by molar-refractivity contribution is 0.231. The molecule has 1 atom stereocenters. The van der Waals surface area contributed by atoms with Gasteiger partial charge in [-0.2, -0.15) is 5.10 Å². The number of anilines is 3. The number of nitrogens with zero attached hydrogens (tertiary/aromatic N) is 8. The van der Waals surface area contributed by atoms with E-state index in [1.54, 1.807) is 23.0 Å². The lowest BCUT2D eigenvalue weighted by Crippen LogP contribution is -2.38. The molecule has 0 saturated heterocycles. The molecule has 5 aromatic rings. The zero-order valence-corrected chi connectivity index (χ0v) is 28.1. The molecule has 0 spiro atoms. The van der Waals surface area contributed by atoms with Gasteiger partial charge in [0.05, 0.1) is 32.9 Å². The van der Waals surface area contributed by atoms with Crippen LogP contribution in [0.3, 0.4) is 0 Å². The summed E-state index contributed by atoms with van der Waals surface area (Å²) in [5.41, 5.74) is 11.7. The lowest BCUT2D eigenvalue weighted by Gasteiger charge is -2.37. The second-order valence-electron chi connectivity index (χ2n) is 11.4. The second-order valence-corrected chi connectivity index (χ2v) is 12.3. The highest BCUT2D eigenvalue weighted by Crippen LogP contribution is 2.46. The Bertz CT molecular complexity index is 1990. The van der Waals surface area contributed by atoms with Crippen LogP contribution in [0, 0.1) is 5.82 Å². The maximum atomic E-state index is 15.2. The molecule has 46 heavy (non-hydrogen) atoms. The fourth-order valence-electron chi connectivity index (χ4n) is 5.71. The summed E-state index contributed by atoms with van der Waals surface area (Å²) >= 11 is 3.72. The summed E-state index contributed by atoms with van der Waals surface area (Å²) in [7, 11) is 4.01. The zero-order chi connectivity index (χ0) is 32.7. The Morgan fingerprint density at radius 1 is 1.07 bits per heavy atom. The second kappa shape index (κ2) is 12.5. The standard InChI is InChI=1S/C34H35BrFN9O/c1-7-11-25-27-30(43(5)6)23(35)17-38-32(27)41-33(44(25)22-12-9-8-10-13-22)20(4)45-34-28(31(37)39-18-40-34)29(42-45)21-14-15-26(24(36)16-21)46-19(2)3/h8-20H,7H2,1-6H3,(H2,37,39,40)/b25-11+. The topological polar surface area (TPSA) is 111 Å². The van der Waals surface area contributed by atoms with Gasteiger partial charge in [-0.1, -0.05) is 31.2 Å². The zero-order valence-electron chi connectivity index (χ0n) is 26.5. The van der Waals surface area contributed by atoms with Gasteiger partial charge in [0.15, 0.2) is 23.0 Å². The van der Waals surface area contributed by atoms with Crippen molar-refractivity contribution in [1.29, 1.82) is 0 Å². The van der Waals surface area contributed by atoms with Crippen LogP contribution in [0.15, 0.2) is 76.6 Å². The molecule has 1 aliphatic heterocycles. The molecule has 10 nitrogen and oxygen atoms in total. The maximum absolute atomic E-state index is 15.2. The van der Waals surface area contributed by atoms with Gasteiger partial charge in [-0.25, -0.2) is 29.0 Å². The minimum atomic E-state index is -0.496.